The molecule has 2 rings (SSSR count). The van der Waals surface area contributed by atoms with Gasteiger partial charge in [0.15, 0.2) is 0 Å². The normalized spacial score (nSPS) is 18.5. The Kier molecular flexibility index (Phi) is 3.53. The molecule has 1 saturated carbocycles. The Morgan fingerprint density at radius 3 is 2.86 bits per heavy atom. The van der Waals surface area contributed by atoms with Crippen LogP contribution in [0.1, 0.15) is 30.7 Å². The molecule has 0 amide bonds. The summed E-state index contributed by atoms with van der Waals surface area (Å²) in [6.45, 7) is 3.17. The molecule has 1 aromatic rings. The average molecular weight is 295 g/mol. The van der Waals surface area contributed by atoms with E-state index in [1.54, 1.807) is 11.3 Å². The number of hydrogen-bond acceptors (Lipinski definition) is 2. The van der Waals surface area contributed by atoms with Crippen LogP contribution in [0.5, 0.6) is 0 Å². The first-order chi connectivity index (χ1) is 6.72. The molecule has 1 aromatic heterocycles. The second-order valence-corrected chi connectivity index (χ2v) is 6.45. The highest BCUT2D eigenvalue weighted by atomic mass is 79.9. The Bertz CT molecular complexity index is 302. The lowest BCUT2D eigenvalue weighted by atomic mass is 10.1. The van der Waals surface area contributed by atoms with Crippen molar-refractivity contribution in [1.82, 2.24) is 5.32 Å². The number of hydrogen-bond donors (Lipinski definition) is 1. The van der Waals surface area contributed by atoms with E-state index in [2.05, 4.69) is 34.2 Å². The molecule has 1 N–H and O–H groups in total. The molecule has 0 aliphatic heterocycles. The Balaban J connectivity index is 2.16. The summed E-state index contributed by atoms with van der Waals surface area (Å²) in [5, 5.41) is 4.37. The second kappa shape index (κ2) is 4.52. The fraction of sp³-hybridized carbons (Fsp3) is 0.600. The highest BCUT2D eigenvalue weighted by Gasteiger charge is 2.32. The Labute approximate surface area is 102 Å². The minimum atomic E-state index is 0.522. The third kappa shape index (κ3) is 2.32. The first-order valence-corrected chi connectivity index (χ1v) is 6.89. The first-order valence-electron chi connectivity index (χ1n) is 4.90. The SMILES string of the molecule is CCNC(c1cc(Cl)c(Br)s1)C1CC1. The number of nitrogens with one attached hydrogen (secondary N) is 1. The molecule has 1 aliphatic carbocycles. The van der Waals surface area contributed by atoms with Crippen molar-refractivity contribution in [3.63, 3.8) is 0 Å². The smallest absolute Gasteiger partial charge is 0.0887 e. The van der Waals surface area contributed by atoms with Crippen molar-refractivity contribution in [2.24, 2.45) is 5.92 Å². The topological polar surface area (TPSA) is 12.0 Å². The summed E-state index contributed by atoms with van der Waals surface area (Å²) in [6, 6.07) is 2.61. The van der Waals surface area contributed by atoms with Gasteiger partial charge in [-0.1, -0.05) is 18.5 Å². The number of rotatable bonds is 4. The molecule has 1 heterocycles. The van der Waals surface area contributed by atoms with Gasteiger partial charge in [0, 0.05) is 10.9 Å². The van der Waals surface area contributed by atoms with E-state index in [9.17, 15) is 0 Å². The molecule has 0 aromatic carbocycles. The van der Waals surface area contributed by atoms with Crippen molar-refractivity contribution in [1.29, 1.82) is 0 Å². The average Bonchev–Trinajstić information content (AvgIpc) is 2.91. The van der Waals surface area contributed by atoms with Gasteiger partial charge in [0.05, 0.1) is 8.81 Å². The van der Waals surface area contributed by atoms with Gasteiger partial charge >= 0.3 is 0 Å². The van der Waals surface area contributed by atoms with Crippen molar-refractivity contribution in [2.45, 2.75) is 25.8 Å². The van der Waals surface area contributed by atoms with Crippen LogP contribution in [0.2, 0.25) is 5.02 Å². The number of halogens is 2. The standard InChI is InChI=1S/C10H13BrClNS/c1-2-13-9(6-3-4-6)8-5-7(12)10(11)14-8/h5-6,9,13H,2-4H2,1H3. The molecule has 0 spiro atoms. The van der Waals surface area contributed by atoms with Crippen molar-refractivity contribution < 1.29 is 0 Å². The van der Waals surface area contributed by atoms with Gasteiger partial charge in [0.1, 0.15) is 0 Å². The summed E-state index contributed by atoms with van der Waals surface area (Å²) in [6.07, 6.45) is 2.70. The molecule has 1 fully saturated rings. The summed E-state index contributed by atoms with van der Waals surface area (Å²) >= 11 is 11.3. The van der Waals surface area contributed by atoms with E-state index in [0.717, 1.165) is 21.3 Å². The fourth-order valence-electron chi connectivity index (χ4n) is 1.67. The molecule has 4 heteroatoms. The van der Waals surface area contributed by atoms with Crippen LogP contribution < -0.4 is 5.32 Å². The molecular weight excluding hydrogens is 282 g/mol. The van der Waals surface area contributed by atoms with E-state index in [-0.39, 0.29) is 0 Å². The zero-order valence-corrected chi connectivity index (χ0v) is 11.2. The predicted octanol–water partition coefficient (Wildman–Crippen LogP) is 4.22. The zero-order valence-electron chi connectivity index (χ0n) is 8.02. The quantitative estimate of drug-likeness (QED) is 0.876. The van der Waals surface area contributed by atoms with Crippen LogP contribution in [0.25, 0.3) is 0 Å². The van der Waals surface area contributed by atoms with Gasteiger partial charge < -0.3 is 5.32 Å². The fourth-order valence-corrected chi connectivity index (χ4v) is 3.58. The summed E-state index contributed by atoms with van der Waals surface area (Å²) in [4.78, 5) is 1.37. The minimum absolute atomic E-state index is 0.522. The highest BCUT2D eigenvalue weighted by Crippen LogP contribution is 2.45. The molecule has 0 bridgehead atoms. The lowest BCUT2D eigenvalue weighted by molar-refractivity contribution is 0.504. The van der Waals surface area contributed by atoms with Gasteiger partial charge in [-0.2, -0.15) is 0 Å². The Morgan fingerprint density at radius 2 is 2.43 bits per heavy atom. The minimum Gasteiger partial charge on any atom is -0.309 e. The van der Waals surface area contributed by atoms with Crippen LogP contribution in [0.4, 0.5) is 0 Å². The van der Waals surface area contributed by atoms with Crippen LogP contribution in [0.3, 0.4) is 0 Å². The second-order valence-electron chi connectivity index (χ2n) is 3.64. The molecule has 78 valence electrons. The summed E-state index contributed by atoms with van der Waals surface area (Å²) < 4.78 is 1.05. The molecule has 1 nitrogen and oxygen atoms in total. The molecule has 14 heavy (non-hydrogen) atoms. The maximum Gasteiger partial charge on any atom is 0.0887 e. The maximum atomic E-state index is 6.03. The summed E-state index contributed by atoms with van der Waals surface area (Å²) in [7, 11) is 0. The van der Waals surface area contributed by atoms with Gasteiger partial charge in [-0.25, -0.2) is 0 Å². The van der Waals surface area contributed by atoms with Crippen molar-refractivity contribution in [3.05, 3.63) is 19.8 Å². The third-order valence-corrected chi connectivity index (χ3v) is 5.05. The lowest BCUT2D eigenvalue weighted by Crippen LogP contribution is -2.21. The zero-order chi connectivity index (χ0) is 10.1. The van der Waals surface area contributed by atoms with Gasteiger partial charge in [-0.3, -0.25) is 0 Å². The summed E-state index contributed by atoms with van der Waals surface area (Å²) in [5.74, 6) is 0.830. The van der Waals surface area contributed by atoms with Crippen LogP contribution in [-0.4, -0.2) is 6.54 Å². The summed E-state index contributed by atoms with van der Waals surface area (Å²) in [5.41, 5.74) is 0. The molecular formula is C10H13BrClNS. The van der Waals surface area contributed by atoms with Gasteiger partial charge in [-0.15, -0.1) is 11.3 Å². The molecule has 0 saturated heterocycles. The van der Waals surface area contributed by atoms with Gasteiger partial charge in [-0.05, 0) is 47.3 Å². The van der Waals surface area contributed by atoms with E-state index in [1.807, 2.05) is 0 Å². The third-order valence-electron chi connectivity index (χ3n) is 2.49. The number of thiophene rings is 1. The van der Waals surface area contributed by atoms with Crippen LogP contribution in [0.15, 0.2) is 9.85 Å². The largest absolute Gasteiger partial charge is 0.309 e. The van der Waals surface area contributed by atoms with Crippen molar-refractivity contribution >= 4 is 38.9 Å². The van der Waals surface area contributed by atoms with Gasteiger partial charge in [0.2, 0.25) is 0 Å². The van der Waals surface area contributed by atoms with Gasteiger partial charge in [0.25, 0.3) is 0 Å². The van der Waals surface area contributed by atoms with Crippen molar-refractivity contribution in [2.75, 3.05) is 6.54 Å². The van der Waals surface area contributed by atoms with Crippen LogP contribution in [-0.2, 0) is 0 Å². The first kappa shape index (κ1) is 10.9. The van der Waals surface area contributed by atoms with E-state index >= 15 is 0 Å². The Hall–Kier alpha value is 0.430. The molecule has 1 atom stereocenters. The molecule has 0 radical (unpaired) electrons. The molecule has 1 aliphatic rings. The maximum absolute atomic E-state index is 6.03. The Morgan fingerprint density at radius 1 is 1.71 bits per heavy atom. The molecule has 1 unspecified atom stereocenters. The van der Waals surface area contributed by atoms with E-state index < -0.39 is 0 Å². The van der Waals surface area contributed by atoms with E-state index in [0.29, 0.717) is 6.04 Å². The highest BCUT2D eigenvalue weighted by molar-refractivity contribution is 9.11. The lowest BCUT2D eigenvalue weighted by Gasteiger charge is -2.14. The van der Waals surface area contributed by atoms with E-state index in [1.165, 1.54) is 17.7 Å². The van der Waals surface area contributed by atoms with Crippen LogP contribution >= 0.6 is 38.9 Å². The predicted molar refractivity (Wildman–Crippen MR) is 66.2 cm³/mol. The van der Waals surface area contributed by atoms with Crippen molar-refractivity contribution in [3.8, 4) is 0 Å². The monoisotopic (exact) mass is 293 g/mol. The van der Waals surface area contributed by atoms with Crippen LogP contribution in [0, 0.1) is 5.92 Å². The van der Waals surface area contributed by atoms with E-state index in [4.69, 9.17) is 11.6 Å².